The van der Waals surface area contributed by atoms with Crippen LogP contribution in [0.4, 0.5) is 0 Å². The summed E-state index contributed by atoms with van der Waals surface area (Å²) in [6, 6.07) is 0.583. The Hall–Kier alpha value is -0.120. The highest BCUT2D eigenvalue weighted by Crippen LogP contribution is 2.39. The van der Waals surface area contributed by atoms with Crippen LogP contribution in [0.1, 0.15) is 94.9 Å². The van der Waals surface area contributed by atoms with E-state index in [1.54, 1.807) is 0 Å². The molecule has 0 aromatic carbocycles. The molecule has 0 bridgehead atoms. The molecule has 0 aliphatic carbocycles. The van der Waals surface area contributed by atoms with Gasteiger partial charge in [-0.05, 0) is 83.6 Å². The van der Waals surface area contributed by atoms with Crippen molar-refractivity contribution in [3.05, 3.63) is 0 Å². The number of piperazine rings is 1. The summed E-state index contributed by atoms with van der Waals surface area (Å²) in [5, 5.41) is 3.85. The maximum Gasteiger partial charge on any atom is 0.0246 e. The Morgan fingerprint density at radius 2 is 1.43 bits per heavy atom. The molecule has 0 aromatic rings. The van der Waals surface area contributed by atoms with Crippen LogP contribution in [0.5, 0.6) is 0 Å². The topological polar surface area (TPSA) is 18.5 Å². The lowest BCUT2D eigenvalue weighted by Gasteiger charge is -2.50. The average Bonchev–Trinajstić information content (AvgIpc) is 2.59. The van der Waals surface area contributed by atoms with Crippen molar-refractivity contribution in [1.29, 1.82) is 0 Å². The van der Waals surface area contributed by atoms with Crippen molar-refractivity contribution >= 4 is 0 Å². The molecule has 2 saturated heterocycles. The van der Waals surface area contributed by atoms with Crippen molar-refractivity contribution in [2.45, 2.75) is 112 Å². The van der Waals surface area contributed by atoms with E-state index in [0.717, 1.165) is 12.5 Å². The third-order valence-corrected chi connectivity index (χ3v) is 7.95. The molecule has 2 rings (SSSR count). The van der Waals surface area contributed by atoms with Gasteiger partial charge in [0.2, 0.25) is 0 Å². The molecule has 2 unspecified atom stereocenters. The van der Waals surface area contributed by atoms with Crippen LogP contribution in [0.25, 0.3) is 0 Å². The predicted molar refractivity (Wildman–Crippen MR) is 124 cm³/mol. The SMILES string of the molecule is CC(C)(C)C1CCCN(C(C)(C)CCC(C)(C)C2CN(C(C)(C)C)CCN2)C1. The number of likely N-dealkylation sites (tertiary alicyclic amines) is 1. The number of nitrogens with zero attached hydrogens (tertiary/aromatic N) is 2. The molecule has 0 amide bonds. The molecule has 2 atom stereocenters. The summed E-state index contributed by atoms with van der Waals surface area (Å²) in [7, 11) is 0. The molecule has 3 heteroatoms. The lowest BCUT2D eigenvalue weighted by atomic mass is 9.73. The molecule has 2 heterocycles. The van der Waals surface area contributed by atoms with Crippen molar-refractivity contribution in [2.24, 2.45) is 16.7 Å². The van der Waals surface area contributed by atoms with Gasteiger partial charge in [-0.3, -0.25) is 9.80 Å². The van der Waals surface area contributed by atoms with Gasteiger partial charge in [0, 0.05) is 43.3 Å². The second-order valence-corrected chi connectivity index (χ2v) is 13.1. The van der Waals surface area contributed by atoms with Crippen LogP contribution in [-0.4, -0.2) is 59.6 Å². The van der Waals surface area contributed by atoms with E-state index in [1.807, 2.05) is 0 Å². The third-order valence-electron chi connectivity index (χ3n) is 7.95. The van der Waals surface area contributed by atoms with Gasteiger partial charge in [-0.15, -0.1) is 0 Å². The molecule has 3 nitrogen and oxygen atoms in total. The third kappa shape index (κ3) is 6.19. The van der Waals surface area contributed by atoms with Crippen molar-refractivity contribution in [3.63, 3.8) is 0 Å². The van der Waals surface area contributed by atoms with Crippen LogP contribution >= 0.6 is 0 Å². The molecule has 2 aliphatic rings. The summed E-state index contributed by atoms with van der Waals surface area (Å²) >= 11 is 0. The van der Waals surface area contributed by atoms with E-state index < -0.39 is 0 Å². The van der Waals surface area contributed by atoms with Crippen molar-refractivity contribution in [1.82, 2.24) is 15.1 Å². The van der Waals surface area contributed by atoms with Gasteiger partial charge >= 0.3 is 0 Å². The minimum absolute atomic E-state index is 0.269. The van der Waals surface area contributed by atoms with E-state index >= 15 is 0 Å². The fourth-order valence-electron chi connectivity index (χ4n) is 5.08. The number of piperidine rings is 1. The van der Waals surface area contributed by atoms with Crippen molar-refractivity contribution < 1.29 is 0 Å². The first-order chi connectivity index (χ1) is 12.6. The van der Waals surface area contributed by atoms with Crippen LogP contribution in [0.15, 0.2) is 0 Å². The first-order valence-electron chi connectivity index (χ1n) is 11.9. The van der Waals surface area contributed by atoms with E-state index in [0.29, 0.717) is 22.4 Å². The Labute approximate surface area is 177 Å². The number of hydrogen-bond donors (Lipinski definition) is 1. The van der Waals surface area contributed by atoms with E-state index in [-0.39, 0.29) is 5.54 Å². The monoisotopic (exact) mass is 393 g/mol. The zero-order chi connectivity index (χ0) is 21.4. The second-order valence-electron chi connectivity index (χ2n) is 13.1. The van der Waals surface area contributed by atoms with Gasteiger partial charge in [0.1, 0.15) is 0 Å². The summed E-state index contributed by atoms with van der Waals surface area (Å²) in [4.78, 5) is 5.47. The van der Waals surface area contributed by atoms with Crippen molar-refractivity contribution in [3.8, 4) is 0 Å². The Balaban J connectivity index is 1.96. The molecule has 1 N–H and O–H groups in total. The van der Waals surface area contributed by atoms with Crippen molar-refractivity contribution in [2.75, 3.05) is 32.7 Å². The first kappa shape index (κ1) is 24.2. The Morgan fingerprint density at radius 3 is 2.00 bits per heavy atom. The van der Waals surface area contributed by atoms with Gasteiger partial charge in [0.15, 0.2) is 0 Å². The van der Waals surface area contributed by atoms with Crippen LogP contribution in [0, 0.1) is 16.7 Å². The minimum Gasteiger partial charge on any atom is -0.311 e. The highest BCUT2D eigenvalue weighted by molar-refractivity contribution is 4.96. The number of nitrogens with one attached hydrogen (secondary N) is 1. The minimum atomic E-state index is 0.269. The predicted octanol–water partition coefficient (Wildman–Crippen LogP) is 5.40. The normalized spacial score (nSPS) is 27.2. The molecule has 0 saturated carbocycles. The second kappa shape index (κ2) is 8.55. The van der Waals surface area contributed by atoms with Gasteiger partial charge < -0.3 is 5.32 Å². The highest BCUT2D eigenvalue weighted by Gasteiger charge is 2.39. The summed E-state index contributed by atoms with van der Waals surface area (Å²) in [5.41, 5.74) is 1.31. The number of rotatable bonds is 5. The van der Waals surface area contributed by atoms with E-state index in [2.05, 4.69) is 84.4 Å². The molecule has 0 radical (unpaired) electrons. The summed E-state index contributed by atoms with van der Waals surface area (Å²) in [5.74, 6) is 0.828. The highest BCUT2D eigenvalue weighted by atomic mass is 15.2. The van der Waals surface area contributed by atoms with Gasteiger partial charge in [-0.1, -0.05) is 34.6 Å². The number of hydrogen-bond acceptors (Lipinski definition) is 3. The Bertz CT molecular complexity index is 449. The van der Waals surface area contributed by atoms with Gasteiger partial charge in [-0.25, -0.2) is 0 Å². The molecule has 0 aromatic heterocycles. The molecule has 2 aliphatic heterocycles. The molecule has 0 spiro atoms. The van der Waals surface area contributed by atoms with Crippen LogP contribution in [0.3, 0.4) is 0 Å². The molecular weight excluding hydrogens is 342 g/mol. The fraction of sp³-hybridized carbons (Fsp3) is 1.00. The zero-order valence-electron chi connectivity index (χ0n) is 20.9. The zero-order valence-corrected chi connectivity index (χ0v) is 20.9. The maximum atomic E-state index is 3.85. The van der Waals surface area contributed by atoms with E-state index in [1.165, 1.54) is 51.9 Å². The quantitative estimate of drug-likeness (QED) is 0.674. The largest absolute Gasteiger partial charge is 0.311 e. The summed E-state index contributed by atoms with van der Waals surface area (Å²) in [6.45, 7) is 30.3. The lowest BCUT2D eigenvalue weighted by Crippen LogP contribution is -2.61. The summed E-state index contributed by atoms with van der Waals surface area (Å²) < 4.78 is 0. The van der Waals surface area contributed by atoms with E-state index in [9.17, 15) is 0 Å². The lowest BCUT2D eigenvalue weighted by molar-refractivity contribution is 0.0113. The Kier molecular flexibility index (Phi) is 7.38. The molecule has 28 heavy (non-hydrogen) atoms. The molecule has 2 fully saturated rings. The molecule has 166 valence electrons. The van der Waals surface area contributed by atoms with Gasteiger partial charge in [0.05, 0.1) is 0 Å². The van der Waals surface area contributed by atoms with E-state index in [4.69, 9.17) is 0 Å². The smallest absolute Gasteiger partial charge is 0.0246 e. The standard InChI is InChI=1S/C25H51N3/c1-22(2,3)20-12-11-16-28(18-20)25(9,10)14-13-24(7,8)21-19-27(17-15-26-21)23(4,5)6/h20-21,26H,11-19H2,1-10H3. The summed E-state index contributed by atoms with van der Waals surface area (Å²) in [6.07, 6.45) is 5.33. The van der Waals surface area contributed by atoms with Gasteiger partial charge in [-0.2, -0.15) is 0 Å². The first-order valence-corrected chi connectivity index (χ1v) is 11.9. The fourth-order valence-corrected chi connectivity index (χ4v) is 5.08. The molecular formula is C25H51N3. The maximum absolute atomic E-state index is 3.85. The Morgan fingerprint density at radius 1 is 0.786 bits per heavy atom. The average molecular weight is 394 g/mol. The van der Waals surface area contributed by atoms with Gasteiger partial charge in [0.25, 0.3) is 0 Å². The van der Waals surface area contributed by atoms with Crippen LogP contribution < -0.4 is 5.32 Å². The van der Waals surface area contributed by atoms with Crippen LogP contribution in [0.2, 0.25) is 0 Å². The van der Waals surface area contributed by atoms with Crippen LogP contribution in [-0.2, 0) is 0 Å².